The molecule has 106 valence electrons. The van der Waals surface area contributed by atoms with Gasteiger partial charge in [-0.1, -0.05) is 23.7 Å². The summed E-state index contributed by atoms with van der Waals surface area (Å²) in [6.07, 6.45) is 0. The minimum absolute atomic E-state index is 0.00885. The van der Waals surface area contributed by atoms with Crippen molar-refractivity contribution in [2.75, 3.05) is 21.3 Å². The van der Waals surface area contributed by atoms with Crippen LogP contribution in [0.2, 0.25) is 5.02 Å². The van der Waals surface area contributed by atoms with E-state index in [1.54, 1.807) is 14.2 Å². The molecule has 1 unspecified atom stereocenters. The van der Waals surface area contributed by atoms with E-state index in [9.17, 15) is 0 Å². The van der Waals surface area contributed by atoms with Crippen molar-refractivity contribution >= 4 is 11.6 Å². The van der Waals surface area contributed by atoms with Crippen molar-refractivity contribution in [3.8, 4) is 11.5 Å². The Morgan fingerprint density at radius 1 is 1.00 bits per heavy atom. The summed E-state index contributed by atoms with van der Waals surface area (Å²) in [6.45, 7) is 0. The zero-order valence-electron chi connectivity index (χ0n) is 11.8. The molecular weight excluding hydrogens is 274 g/mol. The third kappa shape index (κ3) is 3.06. The molecule has 0 amide bonds. The van der Waals surface area contributed by atoms with Crippen molar-refractivity contribution in [1.82, 2.24) is 5.32 Å². The Morgan fingerprint density at radius 3 is 2.25 bits per heavy atom. The normalized spacial score (nSPS) is 12.0. The first-order valence-electron chi connectivity index (χ1n) is 6.34. The predicted molar refractivity (Wildman–Crippen MR) is 81.9 cm³/mol. The molecule has 0 radical (unpaired) electrons. The highest BCUT2D eigenvalue weighted by atomic mass is 35.5. The number of rotatable bonds is 5. The second-order valence-electron chi connectivity index (χ2n) is 4.38. The summed E-state index contributed by atoms with van der Waals surface area (Å²) in [7, 11) is 5.23. The molecule has 0 fully saturated rings. The maximum atomic E-state index is 6.11. The Kier molecular flexibility index (Phi) is 4.88. The van der Waals surface area contributed by atoms with Gasteiger partial charge in [-0.05, 0) is 42.9 Å². The van der Waals surface area contributed by atoms with Gasteiger partial charge in [-0.15, -0.1) is 0 Å². The molecule has 0 aromatic heterocycles. The summed E-state index contributed by atoms with van der Waals surface area (Å²) in [5, 5.41) is 3.98. The second-order valence-corrected chi connectivity index (χ2v) is 4.82. The molecular formula is C16H18ClNO2. The molecule has 20 heavy (non-hydrogen) atoms. The van der Waals surface area contributed by atoms with Gasteiger partial charge in [-0.3, -0.25) is 0 Å². The van der Waals surface area contributed by atoms with Crippen LogP contribution >= 0.6 is 11.6 Å². The summed E-state index contributed by atoms with van der Waals surface area (Å²) in [5.74, 6) is 1.64. The summed E-state index contributed by atoms with van der Waals surface area (Å²) in [6, 6.07) is 13.6. The number of ether oxygens (including phenoxy) is 2. The van der Waals surface area contributed by atoms with E-state index in [1.165, 1.54) is 0 Å². The van der Waals surface area contributed by atoms with Gasteiger partial charge in [0.2, 0.25) is 0 Å². The molecule has 2 aromatic rings. The van der Waals surface area contributed by atoms with Gasteiger partial charge in [0.05, 0.1) is 20.3 Å². The van der Waals surface area contributed by atoms with Crippen LogP contribution in [0.5, 0.6) is 11.5 Å². The van der Waals surface area contributed by atoms with Crippen molar-refractivity contribution in [3.05, 3.63) is 58.6 Å². The zero-order chi connectivity index (χ0) is 14.5. The van der Waals surface area contributed by atoms with Crippen molar-refractivity contribution < 1.29 is 9.47 Å². The molecule has 0 spiro atoms. The largest absolute Gasteiger partial charge is 0.497 e. The lowest BCUT2D eigenvalue weighted by Gasteiger charge is -2.20. The average Bonchev–Trinajstić information content (AvgIpc) is 2.49. The number of halogens is 1. The Balaban J connectivity index is 2.43. The number of hydrogen-bond donors (Lipinski definition) is 1. The molecule has 0 aliphatic carbocycles. The van der Waals surface area contributed by atoms with Crippen molar-refractivity contribution in [2.45, 2.75) is 6.04 Å². The van der Waals surface area contributed by atoms with Crippen LogP contribution in [0.4, 0.5) is 0 Å². The van der Waals surface area contributed by atoms with E-state index in [0.717, 1.165) is 22.6 Å². The van der Waals surface area contributed by atoms with Crippen LogP contribution in [0, 0.1) is 0 Å². The average molecular weight is 292 g/mol. The smallest absolute Gasteiger partial charge is 0.124 e. The van der Waals surface area contributed by atoms with Crippen LogP contribution in [-0.2, 0) is 0 Å². The molecule has 0 heterocycles. The van der Waals surface area contributed by atoms with Crippen molar-refractivity contribution in [1.29, 1.82) is 0 Å². The van der Waals surface area contributed by atoms with Crippen LogP contribution in [0.25, 0.3) is 0 Å². The van der Waals surface area contributed by atoms with E-state index in [2.05, 4.69) is 5.32 Å². The van der Waals surface area contributed by atoms with Gasteiger partial charge in [-0.2, -0.15) is 0 Å². The van der Waals surface area contributed by atoms with E-state index in [4.69, 9.17) is 21.1 Å². The highest BCUT2D eigenvalue weighted by Gasteiger charge is 2.17. The molecule has 1 N–H and O–H groups in total. The molecule has 0 saturated carbocycles. The van der Waals surface area contributed by atoms with Gasteiger partial charge in [0.15, 0.2) is 0 Å². The van der Waals surface area contributed by atoms with Crippen LogP contribution in [0.15, 0.2) is 42.5 Å². The number of nitrogens with one attached hydrogen (secondary N) is 1. The first-order valence-corrected chi connectivity index (χ1v) is 6.72. The Hall–Kier alpha value is -1.71. The number of methoxy groups -OCH3 is 2. The molecule has 3 nitrogen and oxygen atoms in total. The first kappa shape index (κ1) is 14.7. The molecule has 0 aliphatic heterocycles. The highest BCUT2D eigenvalue weighted by Crippen LogP contribution is 2.32. The minimum Gasteiger partial charge on any atom is -0.497 e. The maximum absolute atomic E-state index is 6.11. The topological polar surface area (TPSA) is 30.5 Å². The predicted octanol–water partition coefficient (Wildman–Crippen LogP) is 3.67. The molecule has 0 saturated heterocycles. The van der Waals surface area contributed by atoms with E-state index in [0.29, 0.717) is 5.02 Å². The van der Waals surface area contributed by atoms with E-state index in [1.807, 2.05) is 49.5 Å². The van der Waals surface area contributed by atoms with E-state index < -0.39 is 0 Å². The van der Waals surface area contributed by atoms with Crippen LogP contribution < -0.4 is 14.8 Å². The van der Waals surface area contributed by atoms with Gasteiger partial charge in [0.1, 0.15) is 11.5 Å². The van der Waals surface area contributed by atoms with Crippen molar-refractivity contribution in [3.63, 3.8) is 0 Å². The first-order chi connectivity index (χ1) is 9.69. The van der Waals surface area contributed by atoms with E-state index >= 15 is 0 Å². The van der Waals surface area contributed by atoms with Crippen molar-refractivity contribution in [2.24, 2.45) is 0 Å². The molecule has 0 aliphatic rings. The monoisotopic (exact) mass is 291 g/mol. The fraction of sp³-hybridized carbons (Fsp3) is 0.250. The summed E-state index contributed by atoms with van der Waals surface area (Å²) >= 11 is 6.11. The third-order valence-electron chi connectivity index (χ3n) is 3.24. The van der Waals surface area contributed by atoms with Gasteiger partial charge >= 0.3 is 0 Å². The SMILES string of the molecule is CNC(c1ccc(OC)cc1)c1cc(Cl)ccc1OC. The summed E-state index contributed by atoms with van der Waals surface area (Å²) < 4.78 is 10.6. The fourth-order valence-electron chi connectivity index (χ4n) is 2.23. The molecule has 0 bridgehead atoms. The Bertz CT molecular complexity index is 569. The third-order valence-corrected chi connectivity index (χ3v) is 3.48. The number of benzene rings is 2. The van der Waals surface area contributed by atoms with Gasteiger partial charge in [0, 0.05) is 10.6 Å². The molecule has 1 atom stereocenters. The zero-order valence-corrected chi connectivity index (χ0v) is 12.6. The lowest BCUT2D eigenvalue weighted by Crippen LogP contribution is -2.18. The quantitative estimate of drug-likeness (QED) is 0.912. The second kappa shape index (κ2) is 6.64. The Morgan fingerprint density at radius 2 is 1.70 bits per heavy atom. The van der Waals surface area contributed by atoms with Gasteiger partial charge in [0.25, 0.3) is 0 Å². The Labute approximate surface area is 124 Å². The highest BCUT2D eigenvalue weighted by molar-refractivity contribution is 6.30. The summed E-state index contributed by atoms with van der Waals surface area (Å²) in [5.41, 5.74) is 2.13. The maximum Gasteiger partial charge on any atom is 0.124 e. The fourth-order valence-corrected chi connectivity index (χ4v) is 2.41. The standard InChI is InChI=1S/C16H18ClNO2/c1-18-16(11-4-7-13(19-2)8-5-11)14-10-12(17)6-9-15(14)20-3/h4-10,16,18H,1-3H3. The van der Waals surface area contributed by atoms with Gasteiger partial charge in [-0.25, -0.2) is 0 Å². The summed E-state index contributed by atoms with van der Waals surface area (Å²) in [4.78, 5) is 0. The molecule has 4 heteroatoms. The minimum atomic E-state index is 0.00885. The van der Waals surface area contributed by atoms with Crippen LogP contribution in [0.1, 0.15) is 17.2 Å². The molecule has 2 aromatic carbocycles. The lowest BCUT2D eigenvalue weighted by atomic mass is 9.98. The number of hydrogen-bond acceptors (Lipinski definition) is 3. The van der Waals surface area contributed by atoms with Crippen LogP contribution in [0.3, 0.4) is 0 Å². The van der Waals surface area contributed by atoms with Gasteiger partial charge < -0.3 is 14.8 Å². The lowest BCUT2D eigenvalue weighted by molar-refractivity contribution is 0.405. The van der Waals surface area contributed by atoms with E-state index in [-0.39, 0.29) is 6.04 Å². The molecule has 2 rings (SSSR count). The van der Waals surface area contributed by atoms with Crippen LogP contribution in [-0.4, -0.2) is 21.3 Å².